The van der Waals surface area contributed by atoms with Gasteiger partial charge in [0.1, 0.15) is 17.2 Å². The molecule has 8 heteroatoms. The molecule has 1 amide bonds. The van der Waals surface area contributed by atoms with Gasteiger partial charge in [-0.15, -0.1) is 0 Å². The van der Waals surface area contributed by atoms with Crippen LogP contribution in [0.15, 0.2) is 47.3 Å². The molecule has 4 rings (SSSR count). The van der Waals surface area contributed by atoms with E-state index < -0.39 is 23.5 Å². The average molecular weight is 439 g/mol. The molecule has 1 unspecified atom stereocenters. The van der Waals surface area contributed by atoms with E-state index in [1.807, 2.05) is 6.07 Å². The van der Waals surface area contributed by atoms with Crippen molar-refractivity contribution in [2.45, 2.75) is 38.6 Å². The first-order valence-corrected chi connectivity index (χ1v) is 11.0. The first kappa shape index (κ1) is 22.0. The van der Waals surface area contributed by atoms with Gasteiger partial charge in [-0.3, -0.25) is 9.36 Å². The molecule has 168 valence electrons. The van der Waals surface area contributed by atoms with E-state index in [9.17, 15) is 19.1 Å². The third-order valence-corrected chi connectivity index (χ3v) is 5.95. The zero-order valence-electron chi connectivity index (χ0n) is 18.1. The normalized spacial score (nSPS) is 15.2. The van der Waals surface area contributed by atoms with Gasteiger partial charge < -0.3 is 15.3 Å². The Morgan fingerprint density at radius 1 is 1.19 bits per heavy atom. The van der Waals surface area contributed by atoms with Crippen LogP contribution < -0.4 is 10.9 Å². The van der Waals surface area contributed by atoms with Crippen molar-refractivity contribution in [1.82, 2.24) is 19.8 Å². The lowest BCUT2D eigenvalue weighted by molar-refractivity contribution is 0.190. The zero-order chi connectivity index (χ0) is 22.7. The number of carboxylic acid groups (broad SMARTS) is 1. The molecule has 2 aromatic carbocycles. The molecule has 0 saturated carbocycles. The summed E-state index contributed by atoms with van der Waals surface area (Å²) >= 11 is 0. The maximum atomic E-state index is 14.8. The van der Waals surface area contributed by atoms with Crippen LogP contribution in [0.5, 0.6) is 0 Å². The fourth-order valence-corrected chi connectivity index (χ4v) is 4.41. The molecule has 0 aliphatic carbocycles. The number of hydrogen-bond acceptors (Lipinski definition) is 4. The van der Waals surface area contributed by atoms with E-state index >= 15 is 0 Å². The van der Waals surface area contributed by atoms with Gasteiger partial charge in [0.2, 0.25) is 0 Å². The molecule has 7 nitrogen and oxygen atoms in total. The highest BCUT2D eigenvalue weighted by Gasteiger charge is 2.22. The van der Waals surface area contributed by atoms with E-state index in [2.05, 4.69) is 15.2 Å². The summed E-state index contributed by atoms with van der Waals surface area (Å²) in [5.41, 5.74) is 0.891. The summed E-state index contributed by atoms with van der Waals surface area (Å²) < 4.78 is 16.2. The van der Waals surface area contributed by atoms with Crippen molar-refractivity contribution in [3.8, 4) is 5.69 Å². The Balaban J connectivity index is 1.83. The fraction of sp³-hybridized carbons (Fsp3) is 0.375. The molecule has 0 bridgehead atoms. The van der Waals surface area contributed by atoms with Crippen molar-refractivity contribution >= 4 is 17.0 Å². The fourth-order valence-electron chi connectivity index (χ4n) is 4.41. The summed E-state index contributed by atoms with van der Waals surface area (Å²) in [5.74, 6) is -0.450. The first-order valence-electron chi connectivity index (χ1n) is 11.0. The number of halogens is 1. The number of rotatable bonds is 7. The third-order valence-electron chi connectivity index (χ3n) is 5.95. The van der Waals surface area contributed by atoms with Gasteiger partial charge in [-0.05, 0) is 76.0 Å². The monoisotopic (exact) mass is 438 g/mol. The number of likely N-dealkylation sites (tertiary alicyclic amines) is 1. The number of benzene rings is 2. The van der Waals surface area contributed by atoms with Crippen LogP contribution in [0.4, 0.5) is 9.18 Å². The Morgan fingerprint density at radius 3 is 2.59 bits per heavy atom. The summed E-state index contributed by atoms with van der Waals surface area (Å²) in [5, 5.41) is 11.7. The topological polar surface area (TPSA) is 87.5 Å². The number of amides is 1. The Bertz CT molecular complexity index is 1170. The standard InChI is InChI=1S/C24H27FN4O3/c1-16(26-24(31)32)22-27-21-19(25)12-11-17(8-7-15-28-13-5-6-14-28)20(21)23(30)29(22)18-9-3-2-4-10-18/h2-4,9-12,16,26H,5-8,13-15H2,1H3,(H,31,32). The molecule has 0 radical (unpaired) electrons. The van der Waals surface area contributed by atoms with E-state index in [1.165, 1.54) is 23.5 Å². The van der Waals surface area contributed by atoms with Gasteiger partial charge in [0.25, 0.3) is 5.56 Å². The molecule has 1 aliphatic heterocycles. The Kier molecular flexibility index (Phi) is 6.50. The van der Waals surface area contributed by atoms with Crippen molar-refractivity contribution in [1.29, 1.82) is 0 Å². The number of aryl methyl sites for hydroxylation is 1. The largest absolute Gasteiger partial charge is 0.465 e. The molecule has 2 heterocycles. The number of aromatic nitrogens is 2. The lowest BCUT2D eigenvalue weighted by atomic mass is 10.0. The molecular formula is C24H27FN4O3. The summed E-state index contributed by atoms with van der Waals surface area (Å²) in [6, 6.07) is 11.1. The summed E-state index contributed by atoms with van der Waals surface area (Å²) in [4.78, 5) is 31.8. The minimum absolute atomic E-state index is 0.0186. The second-order valence-corrected chi connectivity index (χ2v) is 8.20. The molecule has 1 atom stereocenters. The van der Waals surface area contributed by atoms with Crippen molar-refractivity contribution in [2.75, 3.05) is 19.6 Å². The second-order valence-electron chi connectivity index (χ2n) is 8.20. The number of para-hydroxylation sites is 1. The summed E-state index contributed by atoms with van der Waals surface area (Å²) in [6.45, 7) is 4.73. The average Bonchev–Trinajstić information content (AvgIpc) is 3.29. The van der Waals surface area contributed by atoms with E-state index in [0.717, 1.165) is 31.6 Å². The van der Waals surface area contributed by atoms with Crippen LogP contribution in [-0.2, 0) is 6.42 Å². The molecule has 2 N–H and O–H groups in total. The molecule has 32 heavy (non-hydrogen) atoms. The quantitative estimate of drug-likeness (QED) is 0.585. The van der Waals surface area contributed by atoms with E-state index in [4.69, 9.17) is 0 Å². The highest BCUT2D eigenvalue weighted by molar-refractivity contribution is 5.82. The first-order chi connectivity index (χ1) is 15.5. The molecular weight excluding hydrogens is 411 g/mol. The van der Waals surface area contributed by atoms with Crippen LogP contribution >= 0.6 is 0 Å². The molecule has 1 aromatic heterocycles. The van der Waals surface area contributed by atoms with Gasteiger partial charge in [-0.1, -0.05) is 24.3 Å². The number of nitrogens with zero attached hydrogens (tertiary/aromatic N) is 3. The minimum Gasteiger partial charge on any atom is -0.465 e. The van der Waals surface area contributed by atoms with Crippen LogP contribution in [0.1, 0.15) is 43.6 Å². The molecule has 0 spiro atoms. The maximum Gasteiger partial charge on any atom is 0.405 e. The predicted molar refractivity (Wildman–Crippen MR) is 121 cm³/mol. The van der Waals surface area contributed by atoms with Crippen molar-refractivity contribution in [3.05, 3.63) is 70.0 Å². The third kappa shape index (κ3) is 4.50. The molecule has 1 fully saturated rings. The van der Waals surface area contributed by atoms with Gasteiger partial charge in [0, 0.05) is 0 Å². The number of hydrogen-bond donors (Lipinski definition) is 2. The van der Waals surface area contributed by atoms with Crippen LogP contribution in [0.3, 0.4) is 0 Å². The predicted octanol–water partition coefficient (Wildman–Crippen LogP) is 3.88. The van der Waals surface area contributed by atoms with Gasteiger partial charge >= 0.3 is 6.09 Å². The zero-order valence-corrected chi connectivity index (χ0v) is 18.1. The lowest BCUT2D eigenvalue weighted by Gasteiger charge is -2.20. The van der Waals surface area contributed by atoms with E-state index in [1.54, 1.807) is 37.3 Å². The van der Waals surface area contributed by atoms with E-state index in [-0.39, 0.29) is 16.7 Å². The van der Waals surface area contributed by atoms with Crippen LogP contribution in [0.25, 0.3) is 16.6 Å². The number of carbonyl (C=O) groups is 1. The highest BCUT2D eigenvalue weighted by atomic mass is 19.1. The smallest absolute Gasteiger partial charge is 0.405 e. The molecule has 1 saturated heterocycles. The van der Waals surface area contributed by atoms with Crippen LogP contribution in [0.2, 0.25) is 0 Å². The summed E-state index contributed by atoms with van der Waals surface area (Å²) in [6.07, 6.45) is 2.70. The van der Waals surface area contributed by atoms with Crippen LogP contribution in [-0.4, -0.2) is 45.3 Å². The Hall–Kier alpha value is -3.26. The van der Waals surface area contributed by atoms with Gasteiger partial charge in [0.15, 0.2) is 0 Å². The van der Waals surface area contributed by atoms with Crippen molar-refractivity contribution < 1.29 is 14.3 Å². The van der Waals surface area contributed by atoms with Gasteiger partial charge in [-0.2, -0.15) is 0 Å². The Labute approximate surface area is 185 Å². The number of fused-ring (bicyclic) bond motifs is 1. The molecule has 3 aromatic rings. The Morgan fingerprint density at radius 2 is 1.91 bits per heavy atom. The van der Waals surface area contributed by atoms with Crippen molar-refractivity contribution in [3.63, 3.8) is 0 Å². The summed E-state index contributed by atoms with van der Waals surface area (Å²) in [7, 11) is 0. The SMILES string of the molecule is CC(NC(=O)O)c1nc2c(F)ccc(CCCN3CCCC3)c2c(=O)n1-c1ccccc1. The van der Waals surface area contributed by atoms with Gasteiger partial charge in [-0.25, -0.2) is 14.2 Å². The minimum atomic E-state index is -1.25. The molecule has 1 aliphatic rings. The maximum absolute atomic E-state index is 14.8. The lowest BCUT2D eigenvalue weighted by Crippen LogP contribution is -2.33. The van der Waals surface area contributed by atoms with Gasteiger partial charge in [0.05, 0.1) is 17.1 Å². The number of nitrogens with one attached hydrogen (secondary N) is 1. The second kappa shape index (κ2) is 9.48. The van der Waals surface area contributed by atoms with Crippen molar-refractivity contribution in [2.24, 2.45) is 0 Å². The van der Waals surface area contributed by atoms with E-state index in [0.29, 0.717) is 12.1 Å². The highest BCUT2D eigenvalue weighted by Crippen LogP contribution is 2.23. The van der Waals surface area contributed by atoms with Crippen LogP contribution in [0, 0.1) is 5.82 Å².